The number of amides is 2. The SMILES string of the molecule is Cc1ccc(CN(C(=O)CN(c2ccc(C(C)C)cc2)S(C)(=O)=O)[C@@H](Cc2ccccc2)C(=O)NC2CCCC2)cc1. The number of rotatable bonds is 12. The van der Waals surface area contributed by atoms with E-state index in [9.17, 15) is 18.0 Å². The molecule has 1 saturated carbocycles. The van der Waals surface area contributed by atoms with Crippen LogP contribution in [0, 0.1) is 6.92 Å². The summed E-state index contributed by atoms with van der Waals surface area (Å²) in [7, 11) is -3.80. The van der Waals surface area contributed by atoms with E-state index in [1.54, 1.807) is 17.0 Å². The fourth-order valence-corrected chi connectivity index (χ4v) is 6.30. The second-order valence-corrected chi connectivity index (χ2v) is 13.6. The van der Waals surface area contributed by atoms with Gasteiger partial charge in [-0.05, 0) is 54.5 Å². The van der Waals surface area contributed by atoms with Gasteiger partial charge in [-0.15, -0.1) is 0 Å². The molecule has 1 atom stereocenters. The summed E-state index contributed by atoms with van der Waals surface area (Å²) in [6.45, 7) is 5.90. The van der Waals surface area contributed by atoms with Gasteiger partial charge in [0.25, 0.3) is 0 Å². The van der Waals surface area contributed by atoms with Gasteiger partial charge in [-0.3, -0.25) is 13.9 Å². The normalized spacial score (nSPS) is 14.5. The quantitative estimate of drug-likeness (QED) is 0.299. The Balaban J connectivity index is 1.71. The molecule has 0 radical (unpaired) electrons. The number of carbonyl (C=O) groups excluding carboxylic acids is 2. The number of carbonyl (C=O) groups is 2. The van der Waals surface area contributed by atoms with Crippen molar-refractivity contribution >= 4 is 27.5 Å². The Morgan fingerprint density at radius 1 is 0.881 bits per heavy atom. The average Bonchev–Trinajstić information content (AvgIpc) is 3.47. The zero-order valence-electron chi connectivity index (χ0n) is 25.1. The molecule has 1 aliphatic carbocycles. The van der Waals surface area contributed by atoms with Crippen LogP contribution in [0.25, 0.3) is 0 Å². The summed E-state index contributed by atoms with van der Waals surface area (Å²) in [6.07, 6.45) is 5.40. The Labute approximate surface area is 251 Å². The molecule has 1 fully saturated rings. The van der Waals surface area contributed by atoms with Crippen LogP contribution in [0.3, 0.4) is 0 Å². The largest absolute Gasteiger partial charge is 0.352 e. The summed E-state index contributed by atoms with van der Waals surface area (Å²) in [5.41, 5.74) is 4.37. The van der Waals surface area contributed by atoms with Crippen LogP contribution in [-0.4, -0.2) is 50.0 Å². The van der Waals surface area contributed by atoms with E-state index >= 15 is 0 Å². The molecule has 0 spiro atoms. The summed E-state index contributed by atoms with van der Waals surface area (Å²) in [4.78, 5) is 29.7. The second-order valence-electron chi connectivity index (χ2n) is 11.7. The van der Waals surface area contributed by atoms with Crippen molar-refractivity contribution in [2.75, 3.05) is 17.1 Å². The van der Waals surface area contributed by atoms with E-state index in [-0.39, 0.29) is 24.4 Å². The minimum absolute atomic E-state index is 0.0825. The number of hydrogen-bond acceptors (Lipinski definition) is 4. The average molecular weight is 590 g/mol. The van der Waals surface area contributed by atoms with Gasteiger partial charge in [0.2, 0.25) is 21.8 Å². The fraction of sp³-hybridized carbons (Fsp3) is 0.412. The highest BCUT2D eigenvalue weighted by molar-refractivity contribution is 7.92. The zero-order valence-corrected chi connectivity index (χ0v) is 25.9. The van der Waals surface area contributed by atoms with Crippen molar-refractivity contribution in [2.45, 2.75) is 77.4 Å². The third-order valence-electron chi connectivity index (χ3n) is 7.97. The van der Waals surface area contributed by atoms with Gasteiger partial charge in [-0.2, -0.15) is 0 Å². The molecule has 1 aliphatic rings. The van der Waals surface area contributed by atoms with Crippen molar-refractivity contribution in [3.8, 4) is 0 Å². The Hall–Kier alpha value is -3.65. The Morgan fingerprint density at radius 3 is 2.07 bits per heavy atom. The van der Waals surface area contributed by atoms with Crippen molar-refractivity contribution in [2.24, 2.45) is 0 Å². The third kappa shape index (κ3) is 8.44. The van der Waals surface area contributed by atoms with Crippen molar-refractivity contribution in [1.29, 1.82) is 0 Å². The smallest absolute Gasteiger partial charge is 0.244 e. The van der Waals surface area contributed by atoms with Crippen LogP contribution in [0.15, 0.2) is 78.9 Å². The van der Waals surface area contributed by atoms with Crippen LogP contribution < -0.4 is 9.62 Å². The summed E-state index contributed by atoms with van der Waals surface area (Å²) >= 11 is 0. The van der Waals surface area contributed by atoms with Gasteiger partial charge < -0.3 is 10.2 Å². The van der Waals surface area contributed by atoms with Gasteiger partial charge >= 0.3 is 0 Å². The Morgan fingerprint density at radius 2 is 1.50 bits per heavy atom. The van der Waals surface area contributed by atoms with Crippen molar-refractivity contribution in [1.82, 2.24) is 10.2 Å². The fourth-order valence-electron chi connectivity index (χ4n) is 5.45. The van der Waals surface area contributed by atoms with E-state index < -0.39 is 28.5 Å². The van der Waals surface area contributed by atoms with Crippen LogP contribution in [0.2, 0.25) is 0 Å². The van der Waals surface area contributed by atoms with Gasteiger partial charge in [0.15, 0.2) is 0 Å². The molecular weight excluding hydrogens is 546 g/mol. The van der Waals surface area contributed by atoms with Crippen LogP contribution in [-0.2, 0) is 32.6 Å². The molecular formula is C34H43N3O4S. The maximum atomic E-state index is 14.2. The second kappa shape index (κ2) is 14.0. The van der Waals surface area contributed by atoms with Gasteiger partial charge in [0.05, 0.1) is 11.9 Å². The van der Waals surface area contributed by atoms with Crippen LogP contribution >= 0.6 is 0 Å². The van der Waals surface area contributed by atoms with E-state index in [1.165, 1.54) is 0 Å². The molecule has 0 aromatic heterocycles. The monoisotopic (exact) mass is 589 g/mol. The highest BCUT2D eigenvalue weighted by atomic mass is 32.2. The molecule has 8 heteroatoms. The first-order valence-electron chi connectivity index (χ1n) is 14.8. The summed E-state index contributed by atoms with van der Waals surface area (Å²) in [6, 6.07) is 24.0. The molecule has 3 aromatic rings. The van der Waals surface area contributed by atoms with E-state index in [0.717, 1.165) is 58.5 Å². The van der Waals surface area contributed by atoms with E-state index in [1.807, 2.05) is 73.7 Å². The number of benzene rings is 3. The molecule has 4 rings (SSSR count). The lowest BCUT2D eigenvalue weighted by Gasteiger charge is -2.34. The third-order valence-corrected chi connectivity index (χ3v) is 9.11. The Bertz CT molecular complexity index is 1430. The molecule has 3 aromatic carbocycles. The first-order valence-corrected chi connectivity index (χ1v) is 16.6. The van der Waals surface area contributed by atoms with Crippen molar-refractivity contribution in [3.05, 3.63) is 101 Å². The lowest BCUT2D eigenvalue weighted by molar-refractivity contribution is -0.140. The lowest BCUT2D eigenvalue weighted by Crippen LogP contribution is -2.54. The van der Waals surface area contributed by atoms with Crippen molar-refractivity contribution in [3.63, 3.8) is 0 Å². The molecule has 42 heavy (non-hydrogen) atoms. The predicted octanol–water partition coefficient (Wildman–Crippen LogP) is 5.58. The molecule has 0 aliphatic heterocycles. The summed E-state index contributed by atoms with van der Waals surface area (Å²) in [5.74, 6) is -0.357. The minimum atomic E-state index is -3.80. The molecule has 0 unspecified atom stereocenters. The van der Waals surface area contributed by atoms with Gasteiger partial charge in [-0.25, -0.2) is 8.42 Å². The van der Waals surface area contributed by atoms with Crippen LogP contribution in [0.5, 0.6) is 0 Å². The van der Waals surface area contributed by atoms with E-state index in [2.05, 4.69) is 19.2 Å². The molecule has 0 saturated heterocycles. The lowest BCUT2D eigenvalue weighted by atomic mass is 10.0. The zero-order chi connectivity index (χ0) is 30.3. The standard InChI is InChI=1S/C34H43N3O4S/c1-25(2)29-18-20-31(21-19-29)37(42(4,40)41)24-33(38)36(23-28-16-14-26(3)15-17-28)32(22-27-10-6-5-7-11-27)34(39)35-30-12-8-9-13-30/h5-7,10-11,14-21,25,30,32H,8-9,12-13,22-24H2,1-4H3,(H,35,39)/t32-/m0/s1. The first kappa shape index (κ1) is 31.3. The number of nitrogens with zero attached hydrogens (tertiary/aromatic N) is 2. The number of sulfonamides is 1. The predicted molar refractivity (Wildman–Crippen MR) is 169 cm³/mol. The molecule has 1 N–H and O–H groups in total. The van der Waals surface area contributed by atoms with Gasteiger partial charge in [0.1, 0.15) is 12.6 Å². The highest BCUT2D eigenvalue weighted by Crippen LogP contribution is 2.24. The molecule has 7 nitrogen and oxygen atoms in total. The number of aryl methyl sites for hydroxylation is 1. The highest BCUT2D eigenvalue weighted by Gasteiger charge is 2.34. The summed E-state index contributed by atoms with van der Waals surface area (Å²) < 4.78 is 27.1. The molecule has 2 amide bonds. The van der Waals surface area contributed by atoms with Gasteiger partial charge in [0, 0.05) is 19.0 Å². The molecule has 224 valence electrons. The maximum absolute atomic E-state index is 14.2. The van der Waals surface area contributed by atoms with Crippen molar-refractivity contribution < 1.29 is 18.0 Å². The van der Waals surface area contributed by atoms with Gasteiger partial charge in [-0.1, -0.05) is 99.0 Å². The number of nitrogens with one attached hydrogen (secondary N) is 1. The van der Waals surface area contributed by atoms with E-state index in [0.29, 0.717) is 12.1 Å². The summed E-state index contributed by atoms with van der Waals surface area (Å²) in [5, 5.41) is 3.20. The maximum Gasteiger partial charge on any atom is 0.244 e. The van der Waals surface area contributed by atoms with Crippen LogP contribution in [0.4, 0.5) is 5.69 Å². The molecule has 0 bridgehead atoms. The first-order chi connectivity index (χ1) is 20.0. The molecule has 0 heterocycles. The van der Waals surface area contributed by atoms with Crippen LogP contribution in [0.1, 0.15) is 67.7 Å². The number of hydrogen-bond donors (Lipinski definition) is 1. The van der Waals surface area contributed by atoms with E-state index in [4.69, 9.17) is 0 Å². The minimum Gasteiger partial charge on any atom is -0.352 e. The number of anilines is 1. The topological polar surface area (TPSA) is 86.8 Å². The Kier molecular flexibility index (Phi) is 10.4.